The van der Waals surface area contributed by atoms with E-state index in [1.54, 1.807) is 0 Å². The summed E-state index contributed by atoms with van der Waals surface area (Å²) < 4.78 is 0. The minimum Gasteiger partial charge on any atom is -0.304 e. The van der Waals surface area contributed by atoms with Crippen molar-refractivity contribution in [3.05, 3.63) is 0 Å². The van der Waals surface area contributed by atoms with Gasteiger partial charge in [-0.05, 0) is 7.05 Å². The lowest BCUT2D eigenvalue weighted by Crippen LogP contribution is -2.47. The molecule has 0 aromatic rings. The smallest absolute Gasteiger partial charge is 0.232 e. The number of carbonyl (C=O) groups excluding carboxylic acids is 2. The number of hydrogen-bond acceptors (Lipinski definition) is 4. The molecule has 0 aromatic carbocycles. The number of carbonyl (C=O) groups is 2. The lowest BCUT2D eigenvalue weighted by molar-refractivity contribution is -0.139. The quantitative estimate of drug-likeness (QED) is 0.706. The van der Waals surface area contributed by atoms with Crippen molar-refractivity contribution in [2.75, 3.05) is 46.3 Å². The molecule has 0 aliphatic carbocycles. The maximum atomic E-state index is 11.7. The van der Waals surface area contributed by atoms with Gasteiger partial charge in [0, 0.05) is 51.6 Å². The van der Waals surface area contributed by atoms with Crippen LogP contribution >= 0.6 is 0 Å². The van der Waals surface area contributed by atoms with Crippen LogP contribution in [-0.4, -0.2) is 72.8 Å². The topological polar surface area (TPSA) is 43.9 Å². The molecule has 19 heavy (non-hydrogen) atoms. The van der Waals surface area contributed by atoms with Gasteiger partial charge in [0.25, 0.3) is 0 Å². The second-order valence-electron chi connectivity index (χ2n) is 5.13. The Morgan fingerprint density at radius 2 is 1.63 bits per heavy atom. The van der Waals surface area contributed by atoms with Crippen molar-refractivity contribution in [1.82, 2.24) is 14.7 Å². The first-order valence-corrected chi connectivity index (χ1v) is 7.33. The Hall–Kier alpha value is -0.940. The van der Waals surface area contributed by atoms with Crippen LogP contribution in [0, 0.1) is 5.92 Å². The summed E-state index contributed by atoms with van der Waals surface area (Å²) in [4.78, 5) is 29.4. The lowest BCUT2D eigenvalue weighted by Gasteiger charge is -2.33. The number of nitrogens with zero attached hydrogens (tertiary/aromatic N) is 3. The predicted octanol–water partition coefficient (Wildman–Crippen LogP) is 0.655. The molecule has 2 fully saturated rings. The van der Waals surface area contributed by atoms with Gasteiger partial charge in [0.2, 0.25) is 11.8 Å². The van der Waals surface area contributed by atoms with Crippen molar-refractivity contribution in [2.45, 2.75) is 27.2 Å². The number of likely N-dealkylation sites (N-methyl/N-ethyl adjacent to an activating group) is 1. The first kappa shape index (κ1) is 16.1. The molecule has 0 radical (unpaired) electrons. The Morgan fingerprint density at radius 1 is 1.05 bits per heavy atom. The molecule has 0 bridgehead atoms. The molecule has 2 aliphatic heterocycles. The summed E-state index contributed by atoms with van der Waals surface area (Å²) in [6.45, 7) is 11.4. The monoisotopic (exact) mass is 269 g/mol. The molecule has 5 nitrogen and oxygen atoms in total. The number of imide groups is 1. The van der Waals surface area contributed by atoms with Crippen LogP contribution in [0.25, 0.3) is 0 Å². The van der Waals surface area contributed by atoms with E-state index in [1.165, 1.54) is 4.90 Å². The average molecular weight is 269 g/mol. The van der Waals surface area contributed by atoms with Gasteiger partial charge in [0.1, 0.15) is 0 Å². The number of hydrogen-bond donors (Lipinski definition) is 0. The van der Waals surface area contributed by atoms with E-state index in [4.69, 9.17) is 0 Å². The fraction of sp³-hybridized carbons (Fsp3) is 0.857. The van der Waals surface area contributed by atoms with Crippen LogP contribution in [0.2, 0.25) is 0 Å². The molecule has 0 saturated carbocycles. The molecule has 0 aromatic heterocycles. The third kappa shape index (κ3) is 4.28. The molecule has 2 rings (SSSR count). The summed E-state index contributed by atoms with van der Waals surface area (Å²) in [5.41, 5.74) is 0. The molecular weight excluding hydrogens is 242 g/mol. The van der Waals surface area contributed by atoms with E-state index in [9.17, 15) is 9.59 Å². The molecule has 2 saturated heterocycles. The van der Waals surface area contributed by atoms with Crippen molar-refractivity contribution >= 4 is 11.8 Å². The van der Waals surface area contributed by atoms with Crippen LogP contribution in [0.5, 0.6) is 0 Å². The van der Waals surface area contributed by atoms with Crippen LogP contribution in [0.3, 0.4) is 0 Å². The third-order valence-electron chi connectivity index (χ3n) is 3.71. The maximum Gasteiger partial charge on any atom is 0.232 e. The van der Waals surface area contributed by atoms with Crippen molar-refractivity contribution in [3.8, 4) is 0 Å². The molecule has 2 heterocycles. The van der Waals surface area contributed by atoms with E-state index < -0.39 is 0 Å². The zero-order valence-corrected chi connectivity index (χ0v) is 12.7. The van der Waals surface area contributed by atoms with Gasteiger partial charge in [-0.2, -0.15) is 0 Å². The van der Waals surface area contributed by atoms with Crippen LogP contribution in [-0.2, 0) is 9.59 Å². The zero-order chi connectivity index (χ0) is 14.4. The Bertz CT molecular complexity index is 312. The summed E-state index contributed by atoms with van der Waals surface area (Å²) in [6.07, 6.45) is 0.390. The summed E-state index contributed by atoms with van der Waals surface area (Å²) in [6, 6.07) is 0. The lowest BCUT2D eigenvalue weighted by atomic mass is 10.1. The van der Waals surface area contributed by atoms with Gasteiger partial charge in [-0.15, -0.1) is 0 Å². The molecule has 1 atom stereocenters. The Balaban J connectivity index is 0.000000861. The second-order valence-corrected chi connectivity index (χ2v) is 5.13. The number of amides is 2. The van der Waals surface area contributed by atoms with Crippen molar-refractivity contribution < 1.29 is 9.59 Å². The molecule has 0 spiro atoms. The number of rotatable bonds is 3. The minimum absolute atomic E-state index is 0.00312. The fourth-order valence-electron chi connectivity index (χ4n) is 2.40. The van der Waals surface area contributed by atoms with E-state index in [1.807, 2.05) is 20.8 Å². The number of likely N-dealkylation sites (tertiary alicyclic amines) is 1. The molecule has 2 amide bonds. The van der Waals surface area contributed by atoms with Crippen LogP contribution in [0.1, 0.15) is 27.2 Å². The Labute approximate surface area is 116 Å². The zero-order valence-electron chi connectivity index (χ0n) is 12.7. The molecular formula is C14H27N3O2. The highest BCUT2D eigenvalue weighted by atomic mass is 16.2. The summed E-state index contributed by atoms with van der Waals surface area (Å²) in [5, 5.41) is 0. The highest BCUT2D eigenvalue weighted by molar-refractivity contribution is 6.03. The van der Waals surface area contributed by atoms with Crippen LogP contribution in [0.4, 0.5) is 0 Å². The van der Waals surface area contributed by atoms with Crippen LogP contribution < -0.4 is 0 Å². The average Bonchev–Trinajstić information content (AvgIpc) is 2.66. The molecule has 1 unspecified atom stereocenters. The minimum atomic E-state index is -0.116. The summed E-state index contributed by atoms with van der Waals surface area (Å²) in [5.74, 6) is -0.115. The van der Waals surface area contributed by atoms with Crippen molar-refractivity contribution in [3.63, 3.8) is 0 Å². The molecule has 0 N–H and O–H groups in total. The summed E-state index contributed by atoms with van der Waals surface area (Å²) >= 11 is 0. The van der Waals surface area contributed by atoms with Gasteiger partial charge in [0.05, 0.1) is 0 Å². The summed E-state index contributed by atoms with van der Waals surface area (Å²) in [7, 11) is 2.12. The highest BCUT2D eigenvalue weighted by Gasteiger charge is 2.35. The molecule has 2 aliphatic rings. The molecule has 5 heteroatoms. The van der Waals surface area contributed by atoms with E-state index in [2.05, 4.69) is 16.8 Å². The van der Waals surface area contributed by atoms with Gasteiger partial charge >= 0.3 is 0 Å². The second kappa shape index (κ2) is 7.60. The van der Waals surface area contributed by atoms with E-state index in [-0.39, 0.29) is 17.7 Å². The van der Waals surface area contributed by atoms with Crippen molar-refractivity contribution in [2.24, 2.45) is 5.92 Å². The normalized spacial score (nSPS) is 25.5. The standard InChI is InChI=1S/C12H21N3O2.C2H6/c1-10-9-11(16)15(12(10)17)8-7-14-5-3-13(2)4-6-14;1-2/h10H,3-9H2,1-2H3;1-2H3. The Morgan fingerprint density at radius 3 is 2.11 bits per heavy atom. The van der Waals surface area contributed by atoms with E-state index in [0.29, 0.717) is 13.0 Å². The van der Waals surface area contributed by atoms with Gasteiger partial charge in [-0.3, -0.25) is 19.4 Å². The van der Waals surface area contributed by atoms with Crippen molar-refractivity contribution in [1.29, 1.82) is 0 Å². The third-order valence-corrected chi connectivity index (χ3v) is 3.71. The van der Waals surface area contributed by atoms with Gasteiger partial charge < -0.3 is 4.90 Å². The van der Waals surface area contributed by atoms with Gasteiger partial charge in [-0.25, -0.2) is 0 Å². The first-order valence-electron chi connectivity index (χ1n) is 7.33. The SMILES string of the molecule is CC.CC1CC(=O)N(CCN2CCN(C)CC2)C1=O. The first-order chi connectivity index (χ1) is 9.08. The Kier molecular flexibility index (Phi) is 6.45. The molecule has 110 valence electrons. The van der Waals surface area contributed by atoms with Crippen LogP contribution in [0.15, 0.2) is 0 Å². The number of piperazine rings is 1. The predicted molar refractivity (Wildman–Crippen MR) is 75.8 cm³/mol. The highest BCUT2D eigenvalue weighted by Crippen LogP contribution is 2.18. The van der Waals surface area contributed by atoms with Gasteiger partial charge in [0.15, 0.2) is 0 Å². The largest absolute Gasteiger partial charge is 0.304 e. The maximum absolute atomic E-state index is 11.7. The fourth-order valence-corrected chi connectivity index (χ4v) is 2.40. The van der Waals surface area contributed by atoms with E-state index in [0.717, 1.165) is 32.7 Å². The van der Waals surface area contributed by atoms with E-state index >= 15 is 0 Å². The van der Waals surface area contributed by atoms with Gasteiger partial charge in [-0.1, -0.05) is 20.8 Å².